The van der Waals surface area contributed by atoms with Crippen LogP contribution in [0.4, 0.5) is 10.2 Å². The number of nitrogens with one attached hydrogen (secondary N) is 1. The predicted octanol–water partition coefficient (Wildman–Crippen LogP) is 3.22. The predicted molar refractivity (Wildman–Crippen MR) is 78.4 cm³/mol. The largest absolute Gasteiger partial charge is 0.309 e. The van der Waals surface area contributed by atoms with E-state index in [9.17, 15) is 9.18 Å². The van der Waals surface area contributed by atoms with Crippen LogP contribution in [-0.4, -0.2) is 22.8 Å². The quantitative estimate of drug-likeness (QED) is 0.917. The van der Waals surface area contributed by atoms with Crippen LogP contribution in [0.1, 0.15) is 19.3 Å². The number of alkyl halides is 1. The fourth-order valence-electron chi connectivity index (χ4n) is 2.33. The number of hydrogen-bond acceptors (Lipinski definition) is 3. The lowest BCUT2D eigenvalue weighted by molar-refractivity contribution is -0.121. The molecule has 5 heteroatoms. The summed E-state index contributed by atoms with van der Waals surface area (Å²) < 4.78 is 12.5. The summed E-state index contributed by atoms with van der Waals surface area (Å²) in [5, 5.41) is 10.9. The molecule has 1 heterocycles. The monoisotopic (exact) mass is 285 g/mol. The molecule has 2 aromatic rings. The zero-order chi connectivity index (χ0) is 14.7. The summed E-state index contributed by atoms with van der Waals surface area (Å²) in [7, 11) is 0. The summed E-state index contributed by atoms with van der Waals surface area (Å²) in [5.74, 6) is 0.256. The molecule has 1 saturated carbocycles. The lowest BCUT2D eigenvalue weighted by atomic mass is 10.0. The maximum Gasteiger partial charge on any atom is 0.231 e. The van der Waals surface area contributed by atoms with Crippen molar-refractivity contribution in [3.05, 3.63) is 42.5 Å². The number of nitrogens with zero attached hydrogens (tertiary/aromatic N) is 2. The summed E-state index contributed by atoms with van der Waals surface area (Å²) >= 11 is 0. The van der Waals surface area contributed by atoms with Gasteiger partial charge in [0, 0.05) is 5.56 Å². The Morgan fingerprint density at radius 3 is 2.48 bits per heavy atom. The average molecular weight is 285 g/mol. The zero-order valence-electron chi connectivity index (χ0n) is 11.6. The standard InChI is InChI=1S/C16H16FN3O/c17-11-10-16(8-9-16)15(21)18-14-7-6-13(19-20-14)12-4-2-1-3-5-12/h1-7H,8-11H2,(H,18,20,21). The third kappa shape index (κ3) is 2.91. The number of halogens is 1. The fourth-order valence-corrected chi connectivity index (χ4v) is 2.33. The van der Waals surface area contributed by atoms with Crippen molar-refractivity contribution in [2.45, 2.75) is 19.3 Å². The van der Waals surface area contributed by atoms with Crippen molar-refractivity contribution in [3.8, 4) is 11.3 Å². The highest BCUT2D eigenvalue weighted by atomic mass is 19.1. The van der Waals surface area contributed by atoms with E-state index in [-0.39, 0.29) is 12.3 Å². The molecular formula is C16H16FN3O. The first-order valence-electron chi connectivity index (χ1n) is 7.00. The molecule has 1 aliphatic rings. The average Bonchev–Trinajstić information content (AvgIpc) is 3.30. The van der Waals surface area contributed by atoms with Gasteiger partial charge in [0.05, 0.1) is 17.8 Å². The molecule has 1 fully saturated rings. The van der Waals surface area contributed by atoms with Crippen LogP contribution in [0.25, 0.3) is 11.3 Å². The molecule has 3 rings (SSSR count). The number of benzene rings is 1. The minimum atomic E-state index is -0.519. The molecule has 1 aromatic heterocycles. The lowest BCUT2D eigenvalue weighted by Crippen LogP contribution is -2.25. The summed E-state index contributed by atoms with van der Waals surface area (Å²) in [6, 6.07) is 13.2. The van der Waals surface area contributed by atoms with Gasteiger partial charge in [0.15, 0.2) is 5.82 Å². The van der Waals surface area contributed by atoms with Gasteiger partial charge in [-0.05, 0) is 31.4 Å². The van der Waals surface area contributed by atoms with E-state index in [0.717, 1.165) is 24.1 Å². The second-order valence-electron chi connectivity index (χ2n) is 5.34. The van der Waals surface area contributed by atoms with Crippen molar-refractivity contribution in [2.75, 3.05) is 12.0 Å². The van der Waals surface area contributed by atoms with E-state index in [1.165, 1.54) is 0 Å². The normalized spacial score (nSPS) is 15.5. The molecule has 0 unspecified atom stereocenters. The highest BCUT2D eigenvalue weighted by molar-refractivity contribution is 5.96. The van der Waals surface area contributed by atoms with Crippen LogP contribution in [-0.2, 0) is 4.79 Å². The molecule has 0 aliphatic heterocycles. The van der Waals surface area contributed by atoms with Gasteiger partial charge in [0.1, 0.15) is 0 Å². The number of hydrogen-bond donors (Lipinski definition) is 1. The Kier molecular flexibility index (Phi) is 3.64. The first-order valence-corrected chi connectivity index (χ1v) is 7.00. The molecule has 4 nitrogen and oxygen atoms in total. The van der Waals surface area contributed by atoms with Crippen molar-refractivity contribution in [2.24, 2.45) is 5.41 Å². The molecule has 0 radical (unpaired) electrons. The van der Waals surface area contributed by atoms with Crippen molar-refractivity contribution >= 4 is 11.7 Å². The maximum absolute atomic E-state index is 12.5. The van der Waals surface area contributed by atoms with Crippen LogP contribution in [0.5, 0.6) is 0 Å². The Hall–Kier alpha value is -2.30. The molecule has 21 heavy (non-hydrogen) atoms. The Morgan fingerprint density at radius 1 is 1.14 bits per heavy atom. The van der Waals surface area contributed by atoms with E-state index in [4.69, 9.17) is 0 Å². The van der Waals surface area contributed by atoms with Crippen LogP contribution in [0.15, 0.2) is 42.5 Å². The van der Waals surface area contributed by atoms with Crippen molar-refractivity contribution in [1.29, 1.82) is 0 Å². The highest BCUT2D eigenvalue weighted by Crippen LogP contribution is 2.49. The van der Waals surface area contributed by atoms with E-state index >= 15 is 0 Å². The highest BCUT2D eigenvalue weighted by Gasteiger charge is 2.49. The smallest absolute Gasteiger partial charge is 0.231 e. The van der Waals surface area contributed by atoms with Crippen molar-refractivity contribution in [3.63, 3.8) is 0 Å². The number of rotatable bonds is 5. The van der Waals surface area contributed by atoms with Crippen LogP contribution in [0, 0.1) is 5.41 Å². The summed E-state index contributed by atoms with van der Waals surface area (Å²) in [6.45, 7) is -0.466. The van der Waals surface area contributed by atoms with Crippen LogP contribution < -0.4 is 5.32 Å². The Bertz CT molecular complexity index is 624. The van der Waals surface area contributed by atoms with Gasteiger partial charge in [-0.1, -0.05) is 30.3 Å². The maximum atomic E-state index is 12.5. The number of anilines is 1. The minimum Gasteiger partial charge on any atom is -0.309 e. The van der Waals surface area contributed by atoms with Crippen LogP contribution >= 0.6 is 0 Å². The number of aromatic nitrogens is 2. The van der Waals surface area contributed by atoms with E-state index in [1.54, 1.807) is 6.07 Å². The van der Waals surface area contributed by atoms with Gasteiger partial charge >= 0.3 is 0 Å². The molecule has 0 atom stereocenters. The summed E-state index contributed by atoms with van der Waals surface area (Å²) in [5.41, 5.74) is 1.20. The molecular weight excluding hydrogens is 269 g/mol. The minimum absolute atomic E-state index is 0.151. The number of carbonyl (C=O) groups is 1. The van der Waals surface area contributed by atoms with Gasteiger partial charge in [-0.25, -0.2) is 0 Å². The van der Waals surface area contributed by atoms with Crippen molar-refractivity contribution in [1.82, 2.24) is 10.2 Å². The van der Waals surface area contributed by atoms with E-state index < -0.39 is 12.1 Å². The molecule has 0 spiro atoms. The van der Waals surface area contributed by atoms with Gasteiger partial charge in [-0.3, -0.25) is 9.18 Å². The van der Waals surface area contributed by atoms with Gasteiger partial charge in [0.2, 0.25) is 5.91 Å². The third-order valence-corrected chi connectivity index (χ3v) is 3.88. The van der Waals surface area contributed by atoms with Gasteiger partial charge in [-0.15, -0.1) is 10.2 Å². The Balaban J connectivity index is 1.69. The Labute approximate surface area is 122 Å². The van der Waals surface area contributed by atoms with Gasteiger partial charge < -0.3 is 5.32 Å². The van der Waals surface area contributed by atoms with Gasteiger partial charge in [0.25, 0.3) is 0 Å². The number of carbonyl (C=O) groups excluding carboxylic acids is 1. The van der Waals surface area contributed by atoms with Crippen LogP contribution in [0.3, 0.4) is 0 Å². The van der Waals surface area contributed by atoms with E-state index in [1.807, 2.05) is 36.4 Å². The van der Waals surface area contributed by atoms with Gasteiger partial charge in [-0.2, -0.15) is 0 Å². The summed E-state index contributed by atoms with van der Waals surface area (Å²) in [4.78, 5) is 12.1. The molecule has 0 saturated heterocycles. The summed E-state index contributed by atoms with van der Waals surface area (Å²) in [6.07, 6.45) is 1.78. The molecule has 108 valence electrons. The Morgan fingerprint density at radius 2 is 1.90 bits per heavy atom. The third-order valence-electron chi connectivity index (χ3n) is 3.88. The second-order valence-corrected chi connectivity index (χ2v) is 5.34. The zero-order valence-corrected chi connectivity index (χ0v) is 11.6. The molecule has 1 aliphatic carbocycles. The molecule has 1 amide bonds. The molecule has 0 bridgehead atoms. The lowest BCUT2D eigenvalue weighted by Gasteiger charge is -2.12. The number of amides is 1. The first kappa shape index (κ1) is 13.7. The van der Waals surface area contributed by atoms with Crippen LogP contribution in [0.2, 0.25) is 0 Å². The first-order chi connectivity index (χ1) is 10.2. The van der Waals surface area contributed by atoms with E-state index in [0.29, 0.717) is 5.82 Å². The SMILES string of the molecule is O=C(Nc1ccc(-c2ccccc2)nn1)C1(CCF)CC1. The second kappa shape index (κ2) is 5.60. The molecule has 1 N–H and O–H groups in total. The fraction of sp³-hybridized carbons (Fsp3) is 0.312. The molecule has 1 aromatic carbocycles. The van der Waals surface area contributed by atoms with Crippen molar-refractivity contribution < 1.29 is 9.18 Å². The van der Waals surface area contributed by atoms with E-state index in [2.05, 4.69) is 15.5 Å². The topological polar surface area (TPSA) is 54.9 Å².